The van der Waals surface area contributed by atoms with Gasteiger partial charge in [-0.05, 0) is 31.0 Å². The third-order valence-electron chi connectivity index (χ3n) is 4.38. The molecule has 0 saturated heterocycles. The van der Waals surface area contributed by atoms with Gasteiger partial charge in [-0.15, -0.1) is 10.2 Å². The van der Waals surface area contributed by atoms with E-state index in [4.69, 9.17) is 0 Å². The first-order chi connectivity index (χ1) is 12.6. The van der Waals surface area contributed by atoms with Gasteiger partial charge in [0.15, 0.2) is 0 Å². The average Bonchev–Trinajstić information content (AvgIpc) is 3.15. The lowest BCUT2D eigenvalue weighted by molar-refractivity contribution is 0.0949. The highest BCUT2D eigenvalue weighted by Crippen LogP contribution is 2.16. The van der Waals surface area contributed by atoms with Gasteiger partial charge in [-0.3, -0.25) is 9.59 Å². The van der Waals surface area contributed by atoms with Crippen molar-refractivity contribution in [1.29, 1.82) is 0 Å². The molecular weight excluding hydrogens is 330 g/mol. The molecule has 1 amide bonds. The fourth-order valence-corrected chi connectivity index (χ4v) is 2.84. The highest BCUT2D eigenvalue weighted by atomic mass is 16.2. The van der Waals surface area contributed by atoms with Crippen LogP contribution in [0.4, 0.5) is 0 Å². The van der Waals surface area contributed by atoms with Crippen LogP contribution in [0, 0.1) is 6.92 Å². The predicted molar refractivity (Wildman–Crippen MR) is 98.0 cm³/mol. The van der Waals surface area contributed by atoms with Gasteiger partial charge >= 0.3 is 0 Å². The van der Waals surface area contributed by atoms with E-state index >= 15 is 0 Å². The van der Waals surface area contributed by atoms with Gasteiger partial charge in [0.25, 0.3) is 11.5 Å². The fourth-order valence-electron chi connectivity index (χ4n) is 2.84. The molecule has 0 bridgehead atoms. The van der Waals surface area contributed by atoms with Crippen LogP contribution in [0.15, 0.2) is 60.0 Å². The largest absolute Gasteiger partial charge is 0.350 e. The number of aromatic nitrogens is 4. The smallest absolute Gasteiger partial charge is 0.264 e. The van der Waals surface area contributed by atoms with Crippen LogP contribution in [0.3, 0.4) is 0 Å². The van der Waals surface area contributed by atoms with Crippen molar-refractivity contribution < 1.29 is 4.79 Å². The van der Waals surface area contributed by atoms with Crippen molar-refractivity contribution in [3.8, 4) is 0 Å². The Morgan fingerprint density at radius 1 is 1.15 bits per heavy atom. The number of benzene rings is 1. The van der Waals surface area contributed by atoms with Crippen molar-refractivity contribution in [2.75, 3.05) is 6.54 Å². The summed E-state index contributed by atoms with van der Waals surface area (Å²) in [6, 6.07) is 11.4. The lowest BCUT2D eigenvalue weighted by Gasteiger charge is -2.17. The molecule has 2 heterocycles. The monoisotopic (exact) mass is 351 g/mol. The summed E-state index contributed by atoms with van der Waals surface area (Å²) in [7, 11) is 0. The molecular formula is C19H21N5O2. The molecule has 0 radical (unpaired) electrons. The normalized spacial score (nSPS) is 11.9. The van der Waals surface area contributed by atoms with Crippen LogP contribution in [0.2, 0.25) is 0 Å². The van der Waals surface area contributed by atoms with Crippen LogP contribution in [-0.4, -0.2) is 31.8 Å². The Balaban J connectivity index is 1.80. The number of aryl methyl sites for hydroxylation is 1. The average molecular weight is 351 g/mol. The minimum atomic E-state index is -0.366. The summed E-state index contributed by atoms with van der Waals surface area (Å²) in [5.41, 5.74) is 1.56. The summed E-state index contributed by atoms with van der Waals surface area (Å²) in [6.07, 6.45) is 4.90. The van der Waals surface area contributed by atoms with E-state index in [0.717, 1.165) is 5.56 Å². The summed E-state index contributed by atoms with van der Waals surface area (Å²) in [6.45, 7) is 4.64. The molecule has 0 aliphatic heterocycles. The van der Waals surface area contributed by atoms with E-state index in [9.17, 15) is 9.59 Å². The van der Waals surface area contributed by atoms with Crippen LogP contribution >= 0.6 is 0 Å². The first kappa shape index (κ1) is 17.6. The molecule has 7 heteroatoms. The second kappa shape index (κ2) is 7.77. The van der Waals surface area contributed by atoms with Gasteiger partial charge in [0.05, 0.1) is 6.04 Å². The minimum Gasteiger partial charge on any atom is -0.350 e. The lowest BCUT2D eigenvalue weighted by atomic mass is 10.1. The second-order valence-corrected chi connectivity index (χ2v) is 6.13. The molecule has 2 aromatic heterocycles. The summed E-state index contributed by atoms with van der Waals surface area (Å²) >= 11 is 0. The molecule has 3 aromatic rings. The molecule has 0 fully saturated rings. The van der Waals surface area contributed by atoms with Crippen LogP contribution < -0.4 is 10.9 Å². The molecule has 0 saturated carbocycles. The number of hydrogen-bond acceptors (Lipinski definition) is 4. The highest BCUT2D eigenvalue weighted by molar-refractivity contribution is 5.95. The quantitative estimate of drug-likeness (QED) is 0.734. The zero-order valence-electron chi connectivity index (χ0n) is 14.8. The van der Waals surface area contributed by atoms with Crippen LogP contribution in [0.25, 0.3) is 0 Å². The first-order valence-electron chi connectivity index (χ1n) is 8.45. The summed E-state index contributed by atoms with van der Waals surface area (Å²) < 4.78 is 3.35. The molecule has 0 aliphatic rings. The highest BCUT2D eigenvalue weighted by Gasteiger charge is 2.18. The summed E-state index contributed by atoms with van der Waals surface area (Å²) in [5, 5.41) is 10.2. The third-order valence-corrected chi connectivity index (χ3v) is 4.38. The first-order valence-corrected chi connectivity index (χ1v) is 8.45. The number of carbonyl (C=O) groups is 1. The third kappa shape index (κ3) is 3.72. The van der Waals surface area contributed by atoms with E-state index in [1.807, 2.05) is 37.3 Å². The van der Waals surface area contributed by atoms with E-state index in [0.29, 0.717) is 18.7 Å². The van der Waals surface area contributed by atoms with Gasteiger partial charge in [0.1, 0.15) is 18.2 Å². The van der Waals surface area contributed by atoms with Gasteiger partial charge in [-0.2, -0.15) is 0 Å². The van der Waals surface area contributed by atoms with E-state index < -0.39 is 0 Å². The Bertz CT molecular complexity index is 932. The van der Waals surface area contributed by atoms with Gasteiger partial charge < -0.3 is 14.5 Å². The SMILES string of the molecule is Cc1ccn(C(C)c2ccccc2)c(=O)c1C(=O)NCCn1cnnc1. The van der Waals surface area contributed by atoms with E-state index in [1.54, 1.807) is 41.0 Å². The zero-order chi connectivity index (χ0) is 18.5. The van der Waals surface area contributed by atoms with Crippen molar-refractivity contribution in [2.24, 2.45) is 0 Å². The maximum absolute atomic E-state index is 12.9. The molecule has 1 aromatic carbocycles. The van der Waals surface area contributed by atoms with E-state index in [-0.39, 0.29) is 23.1 Å². The summed E-state index contributed by atoms with van der Waals surface area (Å²) in [5.74, 6) is -0.366. The van der Waals surface area contributed by atoms with Crippen LogP contribution in [0.5, 0.6) is 0 Å². The number of carbonyl (C=O) groups excluding carboxylic acids is 1. The van der Waals surface area contributed by atoms with Crippen molar-refractivity contribution in [3.05, 3.63) is 82.3 Å². The molecule has 1 atom stereocenters. The van der Waals surface area contributed by atoms with Gasteiger partial charge in [-0.25, -0.2) is 0 Å². The zero-order valence-corrected chi connectivity index (χ0v) is 14.8. The number of amides is 1. The topological polar surface area (TPSA) is 81.8 Å². The van der Waals surface area contributed by atoms with Gasteiger partial charge in [0.2, 0.25) is 0 Å². The molecule has 134 valence electrons. The number of nitrogens with zero attached hydrogens (tertiary/aromatic N) is 4. The molecule has 1 unspecified atom stereocenters. The molecule has 3 rings (SSSR count). The maximum Gasteiger partial charge on any atom is 0.264 e. The Kier molecular flexibility index (Phi) is 5.26. The van der Waals surface area contributed by atoms with Gasteiger partial charge in [-0.1, -0.05) is 30.3 Å². The van der Waals surface area contributed by atoms with Crippen molar-refractivity contribution in [3.63, 3.8) is 0 Å². The van der Waals surface area contributed by atoms with Crippen LogP contribution in [0.1, 0.15) is 34.5 Å². The molecule has 0 aliphatic carbocycles. The molecule has 7 nitrogen and oxygen atoms in total. The lowest BCUT2D eigenvalue weighted by Crippen LogP contribution is -2.36. The predicted octanol–water partition coefficient (Wildman–Crippen LogP) is 1.79. The standard InChI is InChI=1S/C19H21N5O2/c1-14-8-10-24(15(2)16-6-4-3-5-7-16)19(26)17(14)18(25)20-9-11-23-12-21-22-13-23/h3-8,10,12-13,15H,9,11H2,1-2H3,(H,20,25). The number of nitrogens with one attached hydrogen (secondary N) is 1. The molecule has 1 N–H and O–H groups in total. The Hall–Kier alpha value is -3.22. The van der Waals surface area contributed by atoms with Crippen LogP contribution in [-0.2, 0) is 6.54 Å². The molecule has 0 spiro atoms. The Morgan fingerprint density at radius 2 is 1.85 bits per heavy atom. The number of hydrogen-bond donors (Lipinski definition) is 1. The number of pyridine rings is 1. The summed E-state index contributed by atoms with van der Waals surface area (Å²) in [4.78, 5) is 25.5. The van der Waals surface area contributed by atoms with Crippen molar-refractivity contribution >= 4 is 5.91 Å². The van der Waals surface area contributed by atoms with E-state index in [2.05, 4.69) is 15.5 Å². The van der Waals surface area contributed by atoms with Crippen molar-refractivity contribution in [2.45, 2.75) is 26.4 Å². The number of rotatable bonds is 6. The Morgan fingerprint density at radius 3 is 2.54 bits per heavy atom. The fraction of sp³-hybridized carbons (Fsp3) is 0.263. The maximum atomic E-state index is 12.9. The molecule has 26 heavy (non-hydrogen) atoms. The Labute approximate surface area is 151 Å². The van der Waals surface area contributed by atoms with Gasteiger partial charge in [0, 0.05) is 19.3 Å². The van der Waals surface area contributed by atoms with E-state index in [1.165, 1.54) is 0 Å². The second-order valence-electron chi connectivity index (χ2n) is 6.13. The van der Waals surface area contributed by atoms with Crippen molar-refractivity contribution in [1.82, 2.24) is 24.6 Å². The minimum absolute atomic E-state index is 0.159.